The molecule has 4 heterocycles. The van der Waals surface area contributed by atoms with Crippen LogP contribution in [0.1, 0.15) is 88.8 Å². The van der Waals surface area contributed by atoms with E-state index in [1.54, 1.807) is 4.90 Å². The number of para-hydroxylation sites is 1. The molecule has 3 fully saturated rings. The lowest BCUT2D eigenvalue weighted by Gasteiger charge is -2.42. The van der Waals surface area contributed by atoms with Crippen LogP contribution in [0, 0.1) is 11.8 Å². The Labute approximate surface area is 719 Å². The number of aliphatic hydroxyl groups is 9. The highest BCUT2D eigenvalue weighted by Crippen LogP contribution is 2.29. The molecule has 43 heteroatoms. The fourth-order valence-corrected chi connectivity index (χ4v) is 12.9. The fraction of sp³-hybridized carbons (Fsp3) is 0.716. The van der Waals surface area contributed by atoms with Gasteiger partial charge in [0.15, 0.2) is 18.9 Å². The molecule has 15 unspecified atom stereocenters. The Kier molecular flexibility index (Phi) is 50.9. The van der Waals surface area contributed by atoms with Gasteiger partial charge in [-0.2, -0.15) is 0 Å². The Morgan fingerprint density at radius 2 is 0.726 bits per heavy atom. The van der Waals surface area contributed by atoms with Crippen molar-refractivity contribution < 1.29 is 165 Å². The molecule has 0 aliphatic carbocycles. The third-order valence-electron chi connectivity index (χ3n) is 19.3. The van der Waals surface area contributed by atoms with Crippen molar-refractivity contribution in [2.45, 2.75) is 176 Å². The van der Waals surface area contributed by atoms with E-state index in [1.807, 2.05) is 48.5 Å². The molecule has 0 spiro atoms. The number of amides is 9. The average molecular weight is 1770 g/mol. The van der Waals surface area contributed by atoms with Gasteiger partial charge in [0.1, 0.15) is 78.6 Å². The van der Waals surface area contributed by atoms with Gasteiger partial charge in [-0.3, -0.25) is 43.2 Å². The number of anilines is 1. The van der Waals surface area contributed by atoms with Gasteiger partial charge >= 0.3 is 0 Å². The standard InChI is InChI=1S/C81H127N9O34/c1-53(94)86-69-75(106)72(103)60(47-91)122-78(69)119-43-40-113-37-34-110-31-23-83-64(98)19-28-116-50-81(51-117-29-20-65(99)84-24-32-111-35-38-114-41-44-120-79-70(87-54(2)95)76(107)73(104)61(48-92)123-79,52-118-30-21-66(100)85-25-33-112-36-39-115-42-45-121-80-71(88-55(3)96)77(108)74(105)62(49-93)124-80)89-67(101)14-8-26-109-27-9-22-82-63(97)17-18-68(102)90-46-58-12-5-4-10-56(58)15-16-57-11-6-7-13-59(57)90/h4-7,10-13,60-62,69-80,91-93,103-108H,8-9,14,17-52H2,1-3H3,(H,82,97)(H,83,98)(H,84,99)(H,85,100)(H,86,94)(H,87,95)(H,88,96)(H,89,101). The predicted molar refractivity (Wildman–Crippen MR) is 432 cm³/mol. The summed E-state index contributed by atoms with van der Waals surface area (Å²) in [5.41, 5.74) is 1.57. The number of hydrogen-bond donors (Lipinski definition) is 17. The lowest BCUT2D eigenvalue weighted by Crippen LogP contribution is -2.64. The number of carbonyl (C=O) groups excluding carboxylic acids is 9. The maximum Gasteiger partial charge on any atom is 0.227 e. The van der Waals surface area contributed by atoms with Crippen molar-refractivity contribution >= 4 is 58.9 Å². The summed E-state index contributed by atoms with van der Waals surface area (Å²) in [7, 11) is 0. The fourth-order valence-electron chi connectivity index (χ4n) is 12.9. The molecule has 0 saturated carbocycles. The number of hydrogen-bond acceptors (Lipinski definition) is 34. The molecule has 43 nitrogen and oxygen atoms in total. The van der Waals surface area contributed by atoms with Crippen molar-refractivity contribution in [3.63, 3.8) is 0 Å². The first kappa shape index (κ1) is 105. The molecule has 6 rings (SSSR count). The van der Waals surface area contributed by atoms with Crippen LogP contribution in [-0.4, -0.2) is 395 Å². The van der Waals surface area contributed by atoms with Gasteiger partial charge in [0.2, 0.25) is 53.2 Å². The number of ether oxygens (including phenoxy) is 16. The van der Waals surface area contributed by atoms with Crippen molar-refractivity contribution in [2.75, 3.05) is 203 Å². The molecule has 15 atom stereocenters. The van der Waals surface area contributed by atoms with Crippen LogP contribution in [0.5, 0.6) is 0 Å². The normalized spacial score (nSPS) is 23.3. The highest BCUT2D eigenvalue weighted by atomic mass is 16.7. The number of aliphatic hydroxyl groups excluding tert-OH is 9. The molecule has 17 N–H and O–H groups in total. The van der Waals surface area contributed by atoms with Gasteiger partial charge in [0.05, 0.1) is 171 Å². The van der Waals surface area contributed by atoms with Crippen molar-refractivity contribution in [1.29, 1.82) is 0 Å². The Morgan fingerprint density at radius 1 is 0.379 bits per heavy atom. The maximum absolute atomic E-state index is 14.0. The van der Waals surface area contributed by atoms with E-state index in [0.29, 0.717) is 24.2 Å². The summed E-state index contributed by atoms with van der Waals surface area (Å²) < 4.78 is 91.1. The largest absolute Gasteiger partial charge is 0.394 e. The van der Waals surface area contributed by atoms with Crippen LogP contribution in [0.25, 0.3) is 0 Å². The van der Waals surface area contributed by atoms with Crippen molar-refractivity contribution in [3.05, 3.63) is 65.2 Å². The summed E-state index contributed by atoms with van der Waals surface area (Å²) in [6.45, 7) is 2.73. The van der Waals surface area contributed by atoms with Crippen LogP contribution < -0.4 is 47.4 Å². The first-order chi connectivity index (χ1) is 59.9. The summed E-state index contributed by atoms with van der Waals surface area (Å²) in [5.74, 6) is 2.60. The van der Waals surface area contributed by atoms with Gasteiger partial charge in [-0.05, 0) is 36.6 Å². The third kappa shape index (κ3) is 39.2. The molecule has 3 saturated heterocycles. The van der Waals surface area contributed by atoms with Crippen molar-refractivity contribution in [2.24, 2.45) is 0 Å². The lowest BCUT2D eigenvalue weighted by atomic mass is 9.97. The average Bonchev–Trinajstić information content (AvgIpc) is 0.823. The van der Waals surface area contributed by atoms with E-state index in [-0.39, 0.29) is 235 Å². The zero-order valence-corrected chi connectivity index (χ0v) is 70.5. The molecule has 9 amide bonds. The van der Waals surface area contributed by atoms with E-state index >= 15 is 0 Å². The van der Waals surface area contributed by atoms with E-state index in [0.717, 1.165) is 11.1 Å². The Bertz CT molecular complexity index is 3330. The van der Waals surface area contributed by atoms with Crippen LogP contribution >= 0.6 is 0 Å². The highest BCUT2D eigenvalue weighted by molar-refractivity contribution is 5.97. The summed E-state index contributed by atoms with van der Waals surface area (Å²) in [6.07, 6.45) is -15.8. The minimum absolute atomic E-state index is 0.0387. The monoisotopic (exact) mass is 1770 g/mol. The number of nitrogens with one attached hydrogen (secondary N) is 8. The summed E-state index contributed by atoms with van der Waals surface area (Å²) in [4.78, 5) is 117. The molecule has 700 valence electrons. The molecule has 4 aliphatic rings. The summed E-state index contributed by atoms with van der Waals surface area (Å²) in [6, 6.07) is 11.6. The lowest BCUT2D eigenvalue weighted by molar-refractivity contribution is -0.272. The maximum atomic E-state index is 14.0. The number of fused-ring (bicyclic) bond motifs is 2. The molecular formula is C81H127N9O34. The first-order valence-corrected chi connectivity index (χ1v) is 41.6. The Hall–Kier alpha value is -7.77. The van der Waals surface area contributed by atoms with Crippen LogP contribution in [0.15, 0.2) is 48.5 Å². The summed E-state index contributed by atoms with van der Waals surface area (Å²) in [5, 5.41) is 113. The molecule has 4 aliphatic heterocycles. The number of nitrogens with zero attached hydrogens (tertiary/aromatic N) is 1. The van der Waals surface area contributed by atoms with Gasteiger partial charge in [0.25, 0.3) is 0 Å². The second-order valence-corrected chi connectivity index (χ2v) is 29.2. The van der Waals surface area contributed by atoms with E-state index in [2.05, 4.69) is 54.4 Å². The van der Waals surface area contributed by atoms with Crippen LogP contribution in [-0.2, 0) is 125 Å². The second-order valence-electron chi connectivity index (χ2n) is 29.2. The molecule has 0 bridgehead atoms. The van der Waals surface area contributed by atoms with E-state index in [1.165, 1.54) is 20.8 Å². The van der Waals surface area contributed by atoms with Crippen LogP contribution in [0.3, 0.4) is 0 Å². The SMILES string of the molecule is CC(=O)NC1C(OCCOCCOCCNC(=O)CCOCC(COCCC(=O)NCCOCCOCCOC2OC(CO)C(O)C(O)C2NC(C)=O)(COCCC(=O)NCCOCCOCCOC2OC(CO)C(O)C(O)C2NC(C)=O)NC(=O)CCCOCCCNC(=O)CCC(=O)N2Cc3ccccc3C#Cc3ccccc32)OC(CO)C(O)C1O. The molecule has 0 aromatic heterocycles. The van der Waals surface area contributed by atoms with E-state index < -0.39 is 159 Å². The minimum Gasteiger partial charge on any atom is -0.394 e. The smallest absolute Gasteiger partial charge is 0.227 e. The summed E-state index contributed by atoms with van der Waals surface area (Å²) >= 11 is 0. The Morgan fingerprint density at radius 3 is 1.14 bits per heavy atom. The van der Waals surface area contributed by atoms with E-state index in [4.69, 9.17) is 75.8 Å². The molecular weight excluding hydrogens is 1640 g/mol. The highest BCUT2D eigenvalue weighted by Gasteiger charge is 2.48. The van der Waals surface area contributed by atoms with Gasteiger partial charge < -0.3 is 169 Å². The van der Waals surface area contributed by atoms with Crippen molar-refractivity contribution in [1.82, 2.24) is 42.5 Å². The third-order valence-corrected chi connectivity index (χ3v) is 19.3. The van der Waals surface area contributed by atoms with Crippen LogP contribution in [0.2, 0.25) is 0 Å². The van der Waals surface area contributed by atoms with E-state index in [9.17, 15) is 89.1 Å². The first-order valence-electron chi connectivity index (χ1n) is 41.6. The molecule has 2 aromatic carbocycles. The van der Waals surface area contributed by atoms with Gasteiger partial charge in [-0.15, -0.1) is 0 Å². The van der Waals surface area contributed by atoms with Gasteiger partial charge in [-0.1, -0.05) is 42.2 Å². The molecule has 2 aromatic rings. The van der Waals surface area contributed by atoms with Crippen LogP contribution in [0.4, 0.5) is 5.69 Å². The van der Waals surface area contributed by atoms with Gasteiger partial charge in [0, 0.05) is 110 Å². The molecule has 0 radical (unpaired) electrons. The zero-order chi connectivity index (χ0) is 89.9. The Balaban J connectivity index is 0.975. The second kappa shape index (κ2) is 60.1. The zero-order valence-electron chi connectivity index (χ0n) is 70.5. The van der Waals surface area contributed by atoms with Crippen molar-refractivity contribution in [3.8, 4) is 11.8 Å². The minimum atomic E-state index is -1.50. The molecule has 124 heavy (non-hydrogen) atoms. The number of rotatable bonds is 63. The number of carbonyl (C=O) groups is 9. The number of benzene rings is 2. The predicted octanol–water partition coefficient (Wildman–Crippen LogP) is -6.58. The van der Waals surface area contributed by atoms with Gasteiger partial charge in [-0.25, -0.2) is 0 Å². The quantitative estimate of drug-likeness (QED) is 0.0216. The topological polar surface area (TPSA) is 583 Å².